The van der Waals surface area contributed by atoms with Crippen LogP contribution in [0.2, 0.25) is 0 Å². The maximum absolute atomic E-state index is 11.9. The van der Waals surface area contributed by atoms with Gasteiger partial charge in [-0.3, -0.25) is 9.59 Å². The van der Waals surface area contributed by atoms with E-state index in [-0.39, 0.29) is 11.9 Å². The van der Waals surface area contributed by atoms with Crippen LogP contribution in [-0.2, 0) is 9.59 Å². The van der Waals surface area contributed by atoms with E-state index in [1.807, 2.05) is 13.8 Å². The van der Waals surface area contributed by atoms with E-state index in [0.717, 1.165) is 0 Å². The number of nitrogens with one attached hydrogen (secondary N) is 1. The van der Waals surface area contributed by atoms with E-state index >= 15 is 0 Å². The number of hydrogen-bond acceptors (Lipinski definition) is 3. The molecule has 0 aromatic heterocycles. The van der Waals surface area contributed by atoms with Gasteiger partial charge in [-0.1, -0.05) is 13.8 Å². The Morgan fingerprint density at radius 1 is 1.41 bits per heavy atom. The topological polar surface area (TPSA) is 69.6 Å². The Hall–Kier alpha value is -1.10. The molecule has 1 saturated heterocycles. The van der Waals surface area contributed by atoms with Gasteiger partial charge in [0.2, 0.25) is 5.91 Å². The fourth-order valence-corrected chi connectivity index (χ4v) is 2.17. The molecule has 0 radical (unpaired) electrons. The molecule has 5 nitrogen and oxygen atoms in total. The highest BCUT2D eigenvalue weighted by molar-refractivity contribution is 5.78. The summed E-state index contributed by atoms with van der Waals surface area (Å²) in [4.78, 5) is 24.7. The molecule has 1 rings (SSSR count). The minimum absolute atomic E-state index is 0.0613. The number of piperidine rings is 1. The zero-order valence-electron chi connectivity index (χ0n) is 10.8. The number of likely N-dealkylation sites (N-methyl/N-ethyl adjacent to an activating group) is 1. The summed E-state index contributed by atoms with van der Waals surface area (Å²) in [6, 6.07) is 0.0842. The maximum atomic E-state index is 11.9. The van der Waals surface area contributed by atoms with Gasteiger partial charge in [-0.05, 0) is 19.4 Å². The van der Waals surface area contributed by atoms with E-state index in [0.29, 0.717) is 31.8 Å². The van der Waals surface area contributed by atoms with Crippen molar-refractivity contribution in [3.63, 3.8) is 0 Å². The number of likely N-dealkylation sites (tertiary alicyclic amines) is 1. The largest absolute Gasteiger partial charge is 0.481 e. The molecule has 0 aromatic carbocycles. The van der Waals surface area contributed by atoms with Gasteiger partial charge in [0.05, 0.1) is 5.92 Å². The molecule has 17 heavy (non-hydrogen) atoms. The van der Waals surface area contributed by atoms with Crippen molar-refractivity contribution in [3.8, 4) is 0 Å². The summed E-state index contributed by atoms with van der Waals surface area (Å²) in [5, 5.41) is 12.1. The van der Waals surface area contributed by atoms with Gasteiger partial charge in [-0.15, -0.1) is 0 Å². The van der Waals surface area contributed by atoms with Gasteiger partial charge in [-0.2, -0.15) is 0 Å². The van der Waals surface area contributed by atoms with Gasteiger partial charge in [0.1, 0.15) is 0 Å². The lowest BCUT2D eigenvalue weighted by Crippen LogP contribution is -2.52. The number of aliphatic carboxylic acids is 1. The van der Waals surface area contributed by atoms with Crippen molar-refractivity contribution >= 4 is 11.9 Å². The van der Waals surface area contributed by atoms with Crippen LogP contribution in [0.1, 0.15) is 26.7 Å². The van der Waals surface area contributed by atoms with E-state index in [9.17, 15) is 9.59 Å². The van der Waals surface area contributed by atoms with Crippen molar-refractivity contribution in [3.05, 3.63) is 0 Å². The number of carboxylic acids is 1. The molecule has 1 heterocycles. The van der Waals surface area contributed by atoms with Crippen molar-refractivity contribution in [1.29, 1.82) is 0 Å². The summed E-state index contributed by atoms with van der Waals surface area (Å²) in [7, 11) is 1.81. The van der Waals surface area contributed by atoms with Crippen molar-refractivity contribution in [2.75, 3.05) is 20.1 Å². The summed E-state index contributed by atoms with van der Waals surface area (Å²) in [6.07, 6.45) is 1.08. The number of amides is 1. The first-order valence-electron chi connectivity index (χ1n) is 6.11. The number of carboxylic acid groups (broad SMARTS) is 1. The number of carbonyl (C=O) groups excluding carboxylic acids is 1. The van der Waals surface area contributed by atoms with Gasteiger partial charge in [-0.25, -0.2) is 0 Å². The van der Waals surface area contributed by atoms with Crippen LogP contribution in [0.15, 0.2) is 0 Å². The fourth-order valence-electron chi connectivity index (χ4n) is 2.17. The summed E-state index contributed by atoms with van der Waals surface area (Å²) < 4.78 is 0. The highest BCUT2D eigenvalue weighted by Gasteiger charge is 2.32. The zero-order valence-corrected chi connectivity index (χ0v) is 10.8. The average molecular weight is 242 g/mol. The van der Waals surface area contributed by atoms with Crippen LogP contribution in [0.5, 0.6) is 0 Å². The molecule has 2 atom stereocenters. The minimum atomic E-state index is -0.813. The number of carbonyl (C=O) groups is 2. The van der Waals surface area contributed by atoms with E-state index in [1.165, 1.54) is 0 Å². The molecule has 1 aliphatic rings. The maximum Gasteiger partial charge on any atom is 0.308 e. The summed E-state index contributed by atoms with van der Waals surface area (Å²) >= 11 is 0. The molecule has 2 unspecified atom stereocenters. The lowest BCUT2D eigenvalue weighted by atomic mass is 9.93. The van der Waals surface area contributed by atoms with Crippen LogP contribution in [0.4, 0.5) is 0 Å². The third-order valence-electron chi connectivity index (χ3n) is 3.14. The van der Waals surface area contributed by atoms with Crippen LogP contribution in [0.25, 0.3) is 0 Å². The second-order valence-electron chi connectivity index (χ2n) is 5.15. The molecule has 0 bridgehead atoms. The molecule has 1 fully saturated rings. The van der Waals surface area contributed by atoms with Crippen molar-refractivity contribution < 1.29 is 14.7 Å². The smallest absolute Gasteiger partial charge is 0.308 e. The Balaban J connectivity index is 2.65. The summed E-state index contributed by atoms with van der Waals surface area (Å²) in [5.74, 6) is -0.892. The fraction of sp³-hybridized carbons (Fsp3) is 0.833. The molecule has 2 N–H and O–H groups in total. The number of rotatable bonds is 4. The Bertz CT molecular complexity index is 291. The van der Waals surface area contributed by atoms with Crippen LogP contribution in [0.3, 0.4) is 0 Å². The lowest BCUT2D eigenvalue weighted by Gasteiger charge is -2.36. The van der Waals surface area contributed by atoms with Crippen LogP contribution >= 0.6 is 0 Å². The molecule has 0 saturated carbocycles. The standard InChI is InChI=1S/C12H22N2O3/c1-8(2)4-11(15)14-6-9(12(16)17)5-10(7-14)13-3/h8-10,13H,4-7H2,1-3H3,(H,16,17). The Labute approximate surface area is 102 Å². The van der Waals surface area contributed by atoms with E-state index < -0.39 is 11.9 Å². The van der Waals surface area contributed by atoms with Gasteiger partial charge in [0, 0.05) is 25.6 Å². The quantitative estimate of drug-likeness (QED) is 0.755. The molecule has 0 spiro atoms. The number of nitrogens with zero attached hydrogens (tertiary/aromatic N) is 1. The molecule has 0 aliphatic carbocycles. The third-order valence-corrected chi connectivity index (χ3v) is 3.14. The van der Waals surface area contributed by atoms with Gasteiger partial charge in [0.25, 0.3) is 0 Å². The van der Waals surface area contributed by atoms with Crippen LogP contribution in [-0.4, -0.2) is 48.1 Å². The second-order valence-corrected chi connectivity index (χ2v) is 5.15. The number of hydrogen-bond donors (Lipinski definition) is 2. The first kappa shape index (κ1) is 14.0. The van der Waals surface area contributed by atoms with Crippen LogP contribution in [0, 0.1) is 11.8 Å². The molecule has 0 aromatic rings. The van der Waals surface area contributed by atoms with Crippen molar-refractivity contribution in [1.82, 2.24) is 10.2 Å². The SMILES string of the molecule is CNC1CC(C(=O)O)CN(C(=O)CC(C)C)C1. The molecular weight excluding hydrogens is 220 g/mol. The van der Waals surface area contributed by atoms with Gasteiger partial charge >= 0.3 is 5.97 Å². The van der Waals surface area contributed by atoms with Gasteiger partial charge in [0.15, 0.2) is 0 Å². The average Bonchev–Trinajstić information content (AvgIpc) is 2.27. The van der Waals surface area contributed by atoms with E-state index in [1.54, 1.807) is 11.9 Å². The van der Waals surface area contributed by atoms with E-state index in [2.05, 4.69) is 5.32 Å². The first-order valence-corrected chi connectivity index (χ1v) is 6.11. The van der Waals surface area contributed by atoms with Crippen LogP contribution < -0.4 is 5.32 Å². The molecular formula is C12H22N2O3. The molecule has 5 heteroatoms. The second kappa shape index (κ2) is 6.00. The van der Waals surface area contributed by atoms with Crippen molar-refractivity contribution in [2.24, 2.45) is 11.8 Å². The highest BCUT2D eigenvalue weighted by atomic mass is 16.4. The lowest BCUT2D eigenvalue weighted by molar-refractivity contribution is -0.146. The van der Waals surface area contributed by atoms with E-state index in [4.69, 9.17) is 5.11 Å². The third kappa shape index (κ3) is 4.00. The Morgan fingerprint density at radius 3 is 2.53 bits per heavy atom. The van der Waals surface area contributed by atoms with Crippen molar-refractivity contribution in [2.45, 2.75) is 32.7 Å². The predicted molar refractivity (Wildman–Crippen MR) is 64.6 cm³/mol. The minimum Gasteiger partial charge on any atom is -0.481 e. The monoisotopic (exact) mass is 242 g/mol. The predicted octanol–water partition coefficient (Wildman–Crippen LogP) is 0.554. The molecule has 98 valence electrons. The Morgan fingerprint density at radius 2 is 2.06 bits per heavy atom. The highest BCUT2D eigenvalue weighted by Crippen LogP contribution is 2.19. The molecule has 1 amide bonds. The summed E-state index contributed by atoms with van der Waals surface area (Å²) in [5.41, 5.74) is 0. The summed E-state index contributed by atoms with van der Waals surface area (Å²) in [6.45, 7) is 4.95. The molecule has 1 aliphatic heterocycles. The first-order chi connectivity index (χ1) is 7.93. The Kier molecular flexibility index (Phi) is 4.93. The van der Waals surface area contributed by atoms with Gasteiger partial charge < -0.3 is 15.3 Å². The normalized spacial score (nSPS) is 25.1. The zero-order chi connectivity index (χ0) is 13.0.